The third-order valence-electron chi connectivity index (χ3n) is 8.27. The molecular weight excluding hydrogens is 535 g/mol. The van der Waals surface area contributed by atoms with Gasteiger partial charge in [-0.2, -0.15) is 13.2 Å². The monoisotopic (exact) mass is 567 g/mol. The summed E-state index contributed by atoms with van der Waals surface area (Å²) in [5.74, 6) is -1.25. The normalized spacial score (nSPS) is 19.8. The molecule has 1 aliphatic heterocycles. The summed E-state index contributed by atoms with van der Waals surface area (Å²) in [5.41, 5.74) is -2.78. The van der Waals surface area contributed by atoms with Gasteiger partial charge in [-0.15, -0.1) is 0 Å². The number of methoxy groups -OCH3 is 1. The van der Waals surface area contributed by atoms with Crippen LogP contribution in [0.5, 0.6) is 5.75 Å². The molecule has 7 nitrogen and oxygen atoms in total. The van der Waals surface area contributed by atoms with Crippen molar-refractivity contribution in [3.63, 3.8) is 0 Å². The first-order valence-electron chi connectivity index (χ1n) is 12.8. The molecule has 0 bridgehead atoms. The molecule has 212 valence electrons. The molecule has 1 saturated heterocycles. The molecule has 39 heavy (non-hydrogen) atoms. The van der Waals surface area contributed by atoms with E-state index in [0.29, 0.717) is 22.9 Å². The fourth-order valence-electron chi connectivity index (χ4n) is 5.67. The van der Waals surface area contributed by atoms with Gasteiger partial charge in [0.2, 0.25) is 0 Å². The average molecular weight is 568 g/mol. The molecular formula is C28H33ClF3N3O4. The highest BCUT2D eigenvalue weighted by atomic mass is 35.5. The van der Waals surface area contributed by atoms with E-state index in [1.165, 1.54) is 26.3 Å². The zero-order valence-corrected chi connectivity index (χ0v) is 22.9. The van der Waals surface area contributed by atoms with E-state index in [1.54, 1.807) is 19.2 Å². The number of likely N-dealkylation sites (N-methyl/N-ethyl adjacent to an activating group) is 1. The average Bonchev–Trinajstić information content (AvgIpc) is 3.60. The van der Waals surface area contributed by atoms with Crippen LogP contribution in [0.3, 0.4) is 0 Å². The largest absolute Gasteiger partial charge is 0.497 e. The maximum absolute atomic E-state index is 14.0. The second-order valence-corrected chi connectivity index (χ2v) is 10.9. The summed E-state index contributed by atoms with van der Waals surface area (Å²) in [6.45, 7) is 1.70. The third kappa shape index (κ3) is 5.54. The number of ether oxygens (including phenoxy) is 1. The number of aliphatic hydroxyl groups is 1. The van der Waals surface area contributed by atoms with Crippen molar-refractivity contribution in [1.82, 2.24) is 10.2 Å². The Balaban J connectivity index is 1.35. The highest BCUT2D eigenvalue weighted by Gasteiger charge is 2.62. The Morgan fingerprint density at radius 3 is 2.49 bits per heavy atom. The molecule has 11 heteroatoms. The Hall–Kier alpha value is -2.98. The van der Waals surface area contributed by atoms with Crippen LogP contribution in [0.1, 0.15) is 41.6 Å². The smallest absolute Gasteiger partial charge is 0.430 e. The van der Waals surface area contributed by atoms with E-state index in [-0.39, 0.29) is 23.6 Å². The van der Waals surface area contributed by atoms with Gasteiger partial charge in [0.15, 0.2) is 0 Å². The lowest BCUT2D eigenvalue weighted by Gasteiger charge is -2.35. The van der Waals surface area contributed by atoms with Gasteiger partial charge in [-0.05, 0) is 67.3 Å². The van der Waals surface area contributed by atoms with E-state index < -0.39 is 23.2 Å². The van der Waals surface area contributed by atoms with Crippen molar-refractivity contribution < 1.29 is 32.6 Å². The molecule has 1 saturated carbocycles. The van der Waals surface area contributed by atoms with Crippen molar-refractivity contribution in [3.8, 4) is 5.75 Å². The molecule has 2 aromatic rings. The molecule has 1 spiro atoms. The van der Waals surface area contributed by atoms with E-state index in [1.807, 2.05) is 6.07 Å². The topological polar surface area (TPSA) is 82.1 Å². The van der Waals surface area contributed by atoms with Gasteiger partial charge in [0, 0.05) is 45.0 Å². The molecule has 1 unspecified atom stereocenters. The number of anilines is 1. The summed E-state index contributed by atoms with van der Waals surface area (Å²) >= 11 is 6.31. The van der Waals surface area contributed by atoms with E-state index in [9.17, 15) is 27.9 Å². The zero-order valence-electron chi connectivity index (χ0n) is 22.1. The number of piperidine rings is 1. The fourth-order valence-corrected chi connectivity index (χ4v) is 5.93. The summed E-state index contributed by atoms with van der Waals surface area (Å²) in [7, 11) is 4.14. The van der Waals surface area contributed by atoms with Gasteiger partial charge >= 0.3 is 6.18 Å². The summed E-state index contributed by atoms with van der Waals surface area (Å²) in [4.78, 5) is 28.1. The van der Waals surface area contributed by atoms with Crippen LogP contribution in [0.15, 0.2) is 42.5 Å². The molecule has 2 aromatic carbocycles. The molecule has 2 amide bonds. The van der Waals surface area contributed by atoms with E-state index in [2.05, 4.69) is 10.2 Å². The molecule has 0 radical (unpaired) electrons. The van der Waals surface area contributed by atoms with Crippen molar-refractivity contribution in [2.24, 2.45) is 11.3 Å². The van der Waals surface area contributed by atoms with Crippen molar-refractivity contribution in [2.75, 3.05) is 45.7 Å². The molecule has 0 aromatic heterocycles. The van der Waals surface area contributed by atoms with Gasteiger partial charge < -0.3 is 25.0 Å². The van der Waals surface area contributed by atoms with Crippen molar-refractivity contribution >= 4 is 29.1 Å². The quantitative estimate of drug-likeness (QED) is 0.487. The van der Waals surface area contributed by atoms with Crippen LogP contribution in [0.2, 0.25) is 5.02 Å². The van der Waals surface area contributed by atoms with Crippen molar-refractivity contribution in [3.05, 3.63) is 58.6 Å². The number of carbonyl (C=O) groups excluding carboxylic acids is 2. The number of alkyl halides is 3. The summed E-state index contributed by atoms with van der Waals surface area (Å²) in [6.07, 6.45) is -1.86. The fraction of sp³-hybridized carbons (Fsp3) is 0.500. The Morgan fingerprint density at radius 1 is 1.21 bits per heavy atom. The highest BCUT2D eigenvalue weighted by Crippen LogP contribution is 2.61. The number of nitrogens with one attached hydrogen (secondary N) is 1. The maximum Gasteiger partial charge on any atom is 0.430 e. The number of hydrogen-bond donors (Lipinski definition) is 2. The molecule has 4 rings (SSSR count). The van der Waals surface area contributed by atoms with Crippen molar-refractivity contribution in [1.29, 1.82) is 0 Å². The predicted molar refractivity (Wildman–Crippen MR) is 142 cm³/mol. The minimum absolute atomic E-state index is 0.105. The van der Waals surface area contributed by atoms with Crippen LogP contribution in [-0.4, -0.2) is 68.8 Å². The number of halogens is 4. The predicted octanol–water partition coefficient (Wildman–Crippen LogP) is 4.61. The SMILES string of the molecule is CNC(=O)c1ccc(N2CCC3(CC2)C[C@H]3CCN(C)C(=O)C(O)(c2cccc(OC)c2)C(F)(F)F)cc1Cl. The van der Waals surface area contributed by atoms with E-state index in [0.717, 1.165) is 55.1 Å². The van der Waals surface area contributed by atoms with Gasteiger partial charge in [-0.1, -0.05) is 23.7 Å². The van der Waals surface area contributed by atoms with Gasteiger partial charge in [0.1, 0.15) is 5.75 Å². The lowest BCUT2D eigenvalue weighted by atomic mass is 9.89. The number of hydrogen-bond acceptors (Lipinski definition) is 5. The number of amides is 2. The van der Waals surface area contributed by atoms with Gasteiger partial charge in [0.05, 0.1) is 17.7 Å². The third-order valence-corrected chi connectivity index (χ3v) is 8.59. The number of benzene rings is 2. The standard InChI is InChI=1S/C28H33ClF3N3O4/c1-33-24(36)22-8-7-20(16-23(22)29)35-13-10-26(11-14-35)17-19(26)9-12-34(2)25(37)27(38,28(30,31)32)18-5-4-6-21(15-18)39-3/h4-8,15-16,19,38H,9-14,17H2,1-3H3,(H,33,36)/t19-,27?/m1/s1. The lowest BCUT2D eigenvalue weighted by molar-refractivity contribution is -0.261. The summed E-state index contributed by atoms with van der Waals surface area (Å²) < 4.78 is 47.1. The Morgan fingerprint density at radius 2 is 1.90 bits per heavy atom. The van der Waals surface area contributed by atoms with Gasteiger partial charge in [0.25, 0.3) is 17.4 Å². The van der Waals surface area contributed by atoms with E-state index in [4.69, 9.17) is 16.3 Å². The summed E-state index contributed by atoms with van der Waals surface area (Å²) in [5, 5.41) is 13.7. The molecule has 2 fully saturated rings. The Labute approximate surface area is 230 Å². The molecule has 2 atom stereocenters. The number of carbonyl (C=O) groups is 2. The minimum atomic E-state index is -5.21. The zero-order chi connectivity index (χ0) is 28.6. The van der Waals surface area contributed by atoms with Crippen LogP contribution in [0.25, 0.3) is 0 Å². The molecule has 1 heterocycles. The number of rotatable bonds is 8. The van der Waals surface area contributed by atoms with Gasteiger partial charge in [-0.3, -0.25) is 9.59 Å². The molecule has 2 N–H and O–H groups in total. The molecule has 2 aliphatic rings. The molecule has 1 aliphatic carbocycles. The van der Waals surface area contributed by atoms with Crippen LogP contribution in [-0.2, 0) is 10.4 Å². The first kappa shape index (κ1) is 29.0. The minimum Gasteiger partial charge on any atom is -0.497 e. The Kier molecular flexibility index (Phi) is 8.10. The first-order chi connectivity index (χ1) is 18.4. The highest BCUT2D eigenvalue weighted by molar-refractivity contribution is 6.34. The number of nitrogens with zero attached hydrogens (tertiary/aromatic N) is 2. The first-order valence-corrected chi connectivity index (χ1v) is 13.2. The van der Waals surface area contributed by atoms with E-state index >= 15 is 0 Å². The maximum atomic E-state index is 14.0. The van der Waals surface area contributed by atoms with Crippen LogP contribution in [0.4, 0.5) is 18.9 Å². The van der Waals surface area contributed by atoms with Crippen LogP contribution in [0, 0.1) is 11.3 Å². The van der Waals surface area contributed by atoms with Gasteiger partial charge in [-0.25, -0.2) is 0 Å². The second-order valence-electron chi connectivity index (χ2n) is 10.4. The van der Waals surface area contributed by atoms with Crippen LogP contribution >= 0.6 is 11.6 Å². The Bertz CT molecular complexity index is 1230. The summed E-state index contributed by atoms with van der Waals surface area (Å²) in [6, 6.07) is 10.2. The van der Waals surface area contributed by atoms with Crippen molar-refractivity contribution in [2.45, 2.75) is 37.5 Å². The van der Waals surface area contributed by atoms with Crippen LogP contribution < -0.4 is 15.0 Å². The second kappa shape index (κ2) is 10.9. The lowest BCUT2D eigenvalue weighted by Crippen LogP contribution is -2.55.